The number of hydrogen-bond donors (Lipinski definition) is 1. The predicted octanol–water partition coefficient (Wildman–Crippen LogP) is 2.20. The van der Waals surface area contributed by atoms with Gasteiger partial charge >= 0.3 is 6.18 Å². The maximum Gasteiger partial charge on any atom is 0.401 e. The van der Waals surface area contributed by atoms with Gasteiger partial charge in [0.2, 0.25) is 0 Å². The molecular weight excluding hydrogens is 283 g/mol. The number of nitrogens with zero attached hydrogens (tertiary/aromatic N) is 2. The second-order valence-corrected chi connectivity index (χ2v) is 6.57. The Bertz CT molecular complexity index is 542. The van der Waals surface area contributed by atoms with E-state index in [9.17, 15) is 13.2 Å². The van der Waals surface area contributed by atoms with Gasteiger partial charge in [-0.25, -0.2) is 9.97 Å². The molecule has 3 aliphatic rings. The molecule has 0 atom stereocenters. The van der Waals surface area contributed by atoms with Crippen LogP contribution in [0.5, 0.6) is 5.75 Å². The molecule has 7 heteroatoms. The Morgan fingerprint density at radius 3 is 2.19 bits per heavy atom. The summed E-state index contributed by atoms with van der Waals surface area (Å²) in [7, 11) is 0. The fourth-order valence-electron chi connectivity index (χ4n) is 3.33. The van der Waals surface area contributed by atoms with E-state index in [0.29, 0.717) is 11.2 Å². The van der Waals surface area contributed by atoms with Gasteiger partial charge in [-0.3, -0.25) is 0 Å². The molecule has 0 amide bonds. The number of alkyl halides is 3. The summed E-state index contributed by atoms with van der Waals surface area (Å²) in [6.07, 6.45) is 0.758. The number of aromatic nitrogens is 2. The monoisotopic (exact) mass is 299 g/mol. The van der Waals surface area contributed by atoms with E-state index in [1.807, 2.05) is 0 Å². The lowest BCUT2D eigenvalue weighted by Gasteiger charge is -2.53. The summed E-state index contributed by atoms with van der Waals surface area (Å²) in [6, 6.07) is 0. The van der Waals surface area contributed by atoms with Crippen LogP contribution in [0.2, 0.25) is 0 Å². The standard InChI is InChI=1S/C14H16F3N3O/c15-14(16,17)13(1-2-13)11-19-5-10(6-20-11)21-9-3-12(4-9)7-18-8-12/h5-6,9,18H,1-4,7-8H2. The fourth-order valence-corrected chi connectivity index (χ4v) is 3.33. The summed E-state index contributed by atoms with van der Waals surface area (Å²) in [4.78, 5) is 7.79. The Hall–Kier alpha value is -1.37. The van der Waals surface area contributed by atoms with Crippen LogP contribution in [0.4, 0.5) is 13.2 Å². The molecule has 0 radical (unpaired) electrons. The first-order chi connectivity index (χ1) is 9.93. The third-order valence-electron chi connectivity index (χ3n) is 4.97. The van der Waals surface area contributed by atoms with E-state index in [0.717, 1.165) is 25.9 Å². The van der Waals surface area contributed by atoms with Crippen LogP contribution in [0.1, 0.15) is 31.5 Å². The molecule has 4 nitrogen and oxygen atoms in total. The summed E-state index contributed by atoms with van der Waals surface area (Å²) in [5.74, 6) is 0.333. The highest BCUT2D eigenvalue weighted by Crippen LogP contribution is 2.57. The zero-order valence-electron chi connectivity index (χ0n) is 11.4. The van der Waals surface area contributed by atoms with Gasteiger partial charge in [-0.05, 0) is 25.7 Å². The van der Waals surface area contributed by atoms with Crippen LogP contribution in [0.15, 0.2) is 12.4 Å². The van der Waals surface area contributed by atoms with Gasteiger partial charge in [0.25, 0.3) is 0 Å². The summed E-state index contributed by atoms with van der Waals surface area (Å²) in [5.41, 5.74) is -1.41. The molecule has 4 rings (SSSR count). The van der Waals surface area contributed by atoms with Crippen LogP contribution in [0.3, 0.4) is 0 Å². The van der Waals surface area contributed by atoms with Crippen molar-refractivity contribution < 1.29 is 17.9 Å². The summed E-state index contributed by atoms with van der Waals surface area (Å²) in [6.45, 7) is 2.08. The third kappa shape index (κ3) is 2.01. The highest BCUT2D eigenvalue weighted by molar-refractivity contribution is 5.25. The average Bonchev–Trinajstić information content (AvgIpc) is 3.12. The van der Waals surface area contributed by atoms with Gasteiger partial charge in [-0.2, -0.15) is 13.2 Å². The Kier molecular flexibility index (Phi) is 2.59. The Labute approximate surface area is 120 Å². The van der Waals surface area contributed by atoms with E-state index in [4.69, 9.17) is 4.74 Å². The highest BCUT2D eigenvalue weighted by atomic mass is 19.4. The van der Waals surface area contributed by atoms with Crippen LogP contribution in [0, 0.1) is 5.41 Å². The minimum Gasteiger partial charge on any atom is -0.487 e. The predicted molar refractivity (Wildman–Crippen MR) is 68.0 cm³/mol. The van der Waals surface area contributed by atoms with E-state index >= 15 is 0 Å². The normalized spacial score (nSPS) is 26.0. The first-order valence-electron chi connectivity index (χ1n) is 7.19. The molecule has 21 heavy (non-hydrogen) atoms. The number of nitrogens with one attached hydrogen (secondary N) is 1. The Morgan fingerprint density at radius 1 is 1.14 bits per heavy atom. The van der Waals surface area contributed by atoms with Gasteiger partial charge in [0.05, 0.1) is 12.4 Å². The molecule has 1 aromatic heterocycles. The van der Waals surface area contributed by atoms with Gasteiger partial charge in [-0.15, -0.1) is 0 Å². The second-order valence-electron chi connectivity index (χ2n) is 6.57. The van der Waals surface area contributed by atoms with Crippen molar-refractivity contribution in [3.8, 4) is 5.75 Å². The minimum absolute atomic E-state index is 0.0782. The van der Waals surface area contributed by atoms with E-state index in [1.54, 1.807) is 0 Å². The molecule has 1 saturated heterocycles. The van der Waals surface area contributed by atoms with Crippen molar-refractivity contribution in [2.24, 2.45) is 5.41 Å². The molecule has 3 fully saturated rings. The molecule has 0 aromatic carbocycles. The first-order valence-corrected chi connectivity index (χ1v) is 7.19. The van der Waals surface area contributed by atoms with Crippen LogP contribution in [-0.2, 0) is 5.41 Å². The Morgan fingerprint density at radius 2 is 1.76 bits per heavy atom. The number of rotatable bonds is 3. The van der Waals surface area contributed by atoms with Gasteiger partial charge in [0.15, 0.2) is 5.75 Å². The van der Waals surface area contributed by atoms with E-state index in [1.165, 1.54) is 12.4 Å². The number of halogens is 3. The van der Waals surface area contributed by atoms with Crippen molar-refractivity contribution >= 4 is 0 Å². The summed E-state index contributed by atoms with van der Waals surface area (Å²) >= 11 is 0. The number of hydrogen-bond acceptors (Lipinski definition) is 4. The van der Waals surface area contributed by atoms with Crippen molar-refractivity contribution in [2.75, 3.05) is 13.1 Å². The molecule has 2 heterocycles. The summed E-state index contributed by atoms with van der Waals surface area (Å²) < 4.78 is 44.6. The van der Waals surface area contributed by atoms with Crippen LogP contribution in [0.25, 0.3) is 0 Å². The molecule has 0 bridgehead atoms. The van der Waals surface area contributed by atoms with Crippen LogP contribution in [-0.4, -0.2) is 35.3 Å². The quantitative estimate of drug-likeness (QED) is 0.929. The zero-order chi connectivity index (χ0) is 14.7. The highest BCUT2D eigenvalue weighted by Gasteiger charge is 2.66. The SMILES string of the molecule is FC(F)(F)C1(c2ncc(OC3CC4(CNC4)C3)cn2)CC1. The van der Waals surface area contributed by atoms with Crippen molar-refractivity contribution in [1.29, 1.82) is 0 Å². The molecule has 2 aliphatic carbocycles. The summed E-state index contributed by atoms with van der Waals surface area (Å²) in [5, 5.41) is 3.25. The molecule has 0 unspecified atom stereocenters. The lowest BCUT2D eigenvalue weighted by molar-refractivity contribution is -0.162. The molecule has 1 aliphatic heterocycles. The van der Waals surface area contributed by atoms with E-state index < -0.39 is 11.6 Å². The smallest absolute Gasteiger partial charge is 0.401 e. The Balaban J connectivity index is 1.41. The second kappa shape index (κ2) is 4.09. The minimum atomic E-state index is -4.27. The third-order valence-corrected chi connectivity index (χ3v) is 4.97. The van der Waals surface area contributed by atoms with Crippen molar-refractivity contribution in [2.45, 2.75) is 43.4 Å². The van der Waals surface area contributed by atoms with Gasteiger partial charge in [0, 0.05) is 18.5 Å². The lowest BCUT2D eigenvalue weighted by Crippen LogP contribution is -2.62. The molecule has 1 N–H and O–H groups in total. The van der Waals surface area contributed by atoms with Gasteiger partial charge in [-0.1, -0.05) is 0 Å². The zero-order valence-corrected chi connectivity index (χ0v) is 11.4. The average molecular weight is 299 g/mol. The number of ether oxygens (including phenoxy) is 1. The van der Waals surface area contributed by atoms with Crippen molar-refractivity contribution in [3.63, 3.8) is 0 Å². The van der Waals surface area contributed by atoms with E-state index in [-0.39, 0.29) is 24.8 Å². The van der Waals surface area contributed by atoms with Crippen molar-refractivity contribution in [1.82, 2.24) is 15.3 Å². The topological polar surface area (TPSA) is 47.0 Å². The van der Waals surface area contributed by atoms with Gasteiger partial charge in [0.1, 0.15) is 17.3 Å². The largest absolute Gasteiger partial charge is 0.487 e. The van der Waals surface area contributed by atoms with Crippen molar-refractivity contribution in [3.05, 3.63) is 18.2 Å². The van der Waals surface area contributed by atoms with Crippen LogP contribution >= 0.6 is 0 Å². The van der Waals surface area contributed by atoms with E-state index in [2.05, 4.69) is 15.3 Å². The maximum absolute atomic E-state index is 13.0. The van der Waals surface area contributed by atoms with Crippen LogP contribution < -0.4 is 10.1 Å². The molecule has 2 saturated carbocycles. The maximum atomic E-state index is 13.0. The first kappa shape index (κ1) is 13.3. The lowest BCUT2D eigenvalue weighted by atomic mass is 9.63. The molecule has 1 spiro atoms. The molecular formula is C14H16F3N3O. The molecule has 1 aromatic rings. The fraction of sp³-hybridized carbons (Fsp3) is 0.714. The molecule has 114 valence electrons. The van der Waals surface area contributed by atoms with Gasteiger partial charge < -0.3 is 10.1 Å².